The van der Waals surface area contributed by atoms with Gasteiger partial charge in [-0.3, -0.25) is 5.43 Å². The topological polar surface area (TPSA) is 128 Å². The molecule has 0 aliphatic carbocycles. The first-order valence-corrected chi connectivity index (χ1v) is 8.69. The third-order valence-corrected chi connectivity index (χ3v) is 5.29. The van der Waals surface area contributed by atoms with Crippen LogP contribution in [0.5, 0.6) is 5.75 Å². The highest BCUT2D eigenvalue weighted by molar-refractivity contribution is 8.07. The maximum absolute atomic E-state index is 12.5. The molecule has 1 aromatic heterocycles. The number of hydrazone groups is 1. The zero-order valence-corrected chi connectivity index (χ0v) is 14.3. The monoisotopic (exact) mass is 361 g/mol. The van der Waals surface area contributed by atoms with Gasteiger partial charge in [-0.25, -0.2) is 8.42 Å². The van der Waals surface area contributed by atoms with Gasteiger partial charge >= 0.3 is 0 Å². The molecule has 2 rings (SSSR count). The molecule has 0 aliphatic heterocycles. The summed E-state index contributed by atoms with van der Waals surface area (Å²) in [6.07, 6.45) is 0. The van der Waals surface area contributed by atoms with Gasteiger partial charge in [0.1, 0.15) is 23.5 Å². The minimum absolute atomic E-state index is 0.0765. The molecule has 0 unspecified atom stereocenters. The van der Waals surface area contributed by atoms with Crippen LogP contribution in [0.1, 0.15) is 10.4 Å². The minimum atomic E-state index is -4.28. The van der Waals surface area contributed by atoms with E-state index in [-0.39, 0.29) is 5.56 Å². The van der Waals surface area contributed by atoms with Crippen LogP contribution in [-0.4, -0.2) is 24.9 Å². The van der Waals surface area contributed by atoms with Crippen LogP contribution in [0.25, 0.3) is 0 Å². The number of nitrogens with one attached hydrogen (secondary N) is 1. The normalized spacial score (nSPS) is 11.4. The quantitative estimate of drug-likeness (QED) is 0.501. The number of aryl methyl sites for hydroxylation is 1. The van der Waals surface area contributed by atoms with Crippen molar-refractivity contribution in [2.75, 3.05) is 12.5 Å². The Hall–Kier alpha value is -2.95. The summed E-state index contributed by atoms with van der Waals surface area (Å²) < 4.78 is 33.7. The lowest BCUT2D eigenvalue weighted by Crippen LogP contribution is -2.16. The number of nitrogens with zero attached hydrogens (tertiary/aromatic N) is 4. The van der Waals surface area contributed by atoms with Crippen molar-refractivity contribution in [3.8, 4) is 17.9 Å². The van der Waals surface area contributed by atoms with Crippen molar-refractivity contribution in [2.45, 2.75) is 11.9 Å². The van der Waals surface area contributed by atoms with E-state index in [1.165, 1.54) is 13.2 Å². The summed E-state index contributed by atoms with van der Waals surface area (Å²) in [7, 11) is -2.76. The number of anilines is 1. The van der Waals surface area contributed by atoms with E-state index in [0.717, 1.165) is 11.5 Å². The van der Waals surface area contributed by atoms with E-state index in [9.17, 15) is 8.42 Å². The predicted octanol–water partition coefficient (Wildman–Crippen LogP) is 2.05. The summed E-state index contributed by atoms with van der Waals surface area (Å²) in [6, 6.07) is 9.82. The number of methoxy groups -OCH3 is 1. The average molecular weight is 361 g/mol. The smallest absolute Gasteiger partial charge is 0.258 e. The van der Waals surface area contributed by atoms with Gasteiger partial charge in [0.05, 0.1) is 12.8 Å². The van der Waals surface area contributed by atoms with E-state index >= 15 is 0 Å². The molecule has 0 bridgehead atoms. The van der Waals surface area contributed by atoms with Crippen LogP contribution in [-0.2, 0) is 9.84 Å². The van der Waals surface area contributed by atoms with E-state index in [1.807, 2.05) is 0 Å². The number of hydrogen-bond acceptors (Lipinski definition) is 9. The van der Waals surface area contributed by atoms with Crippen LogP contribution in [0.3, 0.4) is 0 Å². The molecule has 2 aromatic rings. The summed E-state index contributed by atoms with van der Waals surface area (Å²) in [4.78, 5) is 0.455. The fourth-order valence-corrected chi connectivity index (χ4v) is 3.73. The second-order valence-corrected chi connectivity index (χ2v) is 7.16. The van der Waals surface area contributed by atoms with Crippen molar-refractivity contribution >= 4 is 32.1 Å². The van der Waals surface area contributed by atoms with Gasteiger partial charge < -0.3 is 4.74 Å². The number of rotatable bonds is 4. The summed E-state index contributed by atoms with van der Waals surface area (Å²) in [5, 5.41) is 20.6. The molecule has 1 N–H and O–H groups in total. The highest BCUT2D eigenvalue weighted by atomic mass is 32.2. The summed E-state index contributed by atoms with van der Waals surface area (Å²) in [5.41, 5.74) is 2.88. The molecule has 24 heavy (non-hydrogen) atoms. The maximum atomic E-state index is 12.5. The zero-order chi connectivity index (χ0) is 17.7. The average Bonchev–Trinajstić information content (AvgIpc) is 2.97. The second-order valence-electron chi connectivity index (χ2n) is 4.40. The molecule has 1 heterocycles. The van der Waals surface area contributed by atoms with Gasteiger partial charge in [0, 0.05) is 4.88 Å². The Labute approximate surface area is 142 Å². The lowest BCUT2D eigenvalue weighted by Gasteiger charge is -2.03. The van der Waals surface area contributed by atoms with E-state index < -0.39 is 19.9 Å². The van der Waals surface area contributed by atoms with Crippen LogP contribution >= 0.6 is 11.5 Å². The Balaban J connectivity index is 2.35. The number of ether oxygens (including phenoxy) is 1. The van der Waals surface area contributed by atoms with Gasteiger partial charge in [-0.2, -0.15) is 20.0 Å². The number of sulfone groups is 1. The van der Waals surface area contributed by atoms with Crippen molar-refractivity contribution in [3.05, 3.63) is 34.7 Å². The molecule has 1 aromatic carbocycles. The molecule has 0 radical (unpaired) electrons. The molecule has 0 saturated carbocycles. The molecular formula is C14H11N5O3S2. The summed E-state index contributed by atoms with van der Waals surface area (Å²) in [6.45, 7) is 1.58. The molecule has 122 valence electrons. The molecule has 0 fully saturated rings. The van der Waals surface area contributed by atoms with Gasteiger partial charge in [-0.1, -0.05) is 0 Å². The van der Waals surface area contributed by atoms with E-state index in [0.29, 0.717) is 16.3 Å². The summed E-state index contributed by atoms with van der Waals surface area (Å²) in [5.74, 6) is 0.620. The summed E-state index contributed by atoms with van der Waals surface area (Å²) >= 11 is 0.879. The Morgan fingerprint density at radius 3 is 2.54 bits per heavy atom. The van der Waals surface area contributed by atoms with Gasteiger partial charge in [-0.15, -0.1) is 0 Å². The molecule has 0 amide bonds. The van der Waals surface area contributed by atoms with Crippen LogP contribution in [0.4, 0.5) is 5.69 Å². The fraction of sp³-hybridized carbons (Fsp3) is 0.143. The number of benzene rings is 1. The lowest BCUT2D eigenvalue weighted by molar-refractivity contribution is 0.415. The largest absolute Gasteiger partial charge is 0.497 e. The first-order chi connectivity index (χ1) is 11.4. The second kappa shape index (κ2) is 7.08. The van der Waals surface area contributed by atoms with Crippen molar-refractivity contribution in [2.24, 2.45) is 5.10 Å². The van der Waals surface area contributed by atoms with E-state index in [1.54, 1.807) is 37.3 Å². The first-order valence-electron chi connectivity index (χ1n) is 6.43. The fourth-order valence-electron chi connectivity index (χ4n) is 1.68. The maximum Gasteiger partial charge on any atom is 0.258 e. The Morgan fingerprint density at radius 2 is 2.00 bits per heavy atom. The van der Waals surface area contributed by atoms with E-state index in [2.05, 4.69) is 14.9 Å². The van der Waals surface area contributed by atoms with Gasteiger partial charge in [0.2, 0.25) is 0 Å². The Morgan fingerprint density at radius 1 is 1.33 bits per heavy atom. The predicted molar refractivity (Wildman–Crippen MR) is 88.4 cm³/mol. The molecule has 8 nitrogen and oxygen atoms in total. The SMILES string of the molecule is COc1ccc(NN=C(C#N)S(=O)(=O)c2nsc(C)c2C#N)cc1. The molecule has 10 heteroatoms. The first kappa shape index (κ1) is 17.4. The van der Waals surface area contributed by atoms with Crippen LogP contribution in [0.15, 0.2) is 34.4 Å². The third kappa shape index (κ3) is 3.35. The van der Waals surface area contributed by atoms with Crippen molar-refractivity contribution in [1.82, 2.24) is 4.37 Å². The van der Waals surface area contributed by atoms with Gasteiger partial charge in [-0.05, 0) is 42.7 Å². The van der Waals surface area contributed by atoms with Gasteiger partial charge in [0.15, 0.2) is 5.03 Å². The third-order valence-electron chi connectivity index (χ3n) is 2.92. The van der Waals surface area contributed by atoms with Crippen LogP contribution in [0, 0.1) is 29.6 Å². The minimum Gasteiger partial charge on any atom is -0.497 e. The molecule has 0 saturated heterocycles. The molecule has 0 aliphatic rings. The highest BCUT2D eigenvalue weighted by Crippen LogP contribution is 2.23. The van der Waals surface area contributed by atoms with Crippen LogP contribution < -0.4 is 10.2 Å². The Kier molecular flexibility index (Phi) is 5.14. The highest BCUT2D eigenvalue weighted by Gasteiger charge is 2.30. The molecular weight excluding hydrogens is 350 g/mol. The van der Waals surface area contributed by atoms with Crippen LogP contribution in [0.2, 0.25) is 0 Å². The lowest BCUT2D eigenvalue weighted by atomic mass is 10.3. The van der Waals surface area contributed by atoms with E-state index in [4.69, 9.17) is 15.3 Å². The zero-order valence-electron chi connectivity index (χ0n) is 12.6. The molecule has 0 spiro atoms. The van der Waals surface area contributed by atoms with Gasteiger partial charge in [0.25, 0.3) is 14.9 Å². The molecule has 0 atom stereocenters. The van der Waals surface area contributed by atoms with Crippen molar-refractivity contribution in [3.63, 3.8) is 0 Å². The van der Waals surface area contributed by atoms with Crippen molar-refractivity contribution in [1.29, 1.82) is 10.5 Å². The number of hydrogen-bond donors (Lipinski definition) is 1. The standard InChI is InChI=1S/C14H11N5O3S2/c1-9-12(7-15)14(19-23-9)24(20,21)13(8-16)18-17-10-3-5-11(22-2)6-4-10/h3-6,17H,1-2H3. The number of aromatic nitrogens is 1. The Bertz CT molecular complexity index is 963. The van der Waals surface area contributed by atoms with Crippen molar-refractivity contribution < 1.29 is 13.2 Å². The number of nitriles is 2.